The van der Waals surface area contributed by atoms with Crippen LogP contribution in [0.3, 0.4) is 0 Å². The Morgan fingerprint density at radius 2 is 2.09 bits per heavy atom. The van der Waals surface area contributed by atoms with Crippen LogP contribution in [0.2, 0.25) is 0 Å². The summed E-state index contributed by atoms with van der Waals surface area (Å²) in [5, 5.41) is 5.01. The first-order valence-corrected chi connectivity index (χ1v) is 8.28. The van der Waals surface area contributed by atoms with Crippen LogP contribution in [0.4, 0.5) is 0 Å². The minimum Gasteiger partial charge on any atom is -0.496 e. The number of rotatable bonds is 7. The van der Waals surface area contributed by atoms with Gasteiger partial charge >= 0.3 is 0 Å². The third-order valence-electron chi connectivity index (χ3n) is 3.52. The van der Waals surface area contributed by atoms with Crippen LogP contribution in [0.15, 0.2) is 47.9 Å². The van der Waals surface area contributed by atoms with Gasteiger partial charge in [0.2, 0.25) is 5.91 Å². The fourth-order valence-corrected chi connectivity index (χ4v) is 3.17. The highest BCUT2D eigenvalue weighted by atomic mass is 32.1. The number of hydrogen-bond donors (Lipinski definition) is 1. The van der Waals surface area contributed by atoms with Gasteiger partial charge in [-0.2, -0.15) is 0 Å². The Hall–Kier alpha value is -2.11. The van der Waals surface area contributed by atoms with Crippen molar-refractivity contribution in [3.8, 4) is 5.75 Å². The highest BCUT2D eigenvalue weighted by Gasteiger charge is 2.15. The molecule has 1 amide bonds. The normalized spacial score (nSPS) is 12.5. The summed E-state index contributed by atoms with van der Waals surface area (Å²) in [6.07, 6.45) is 3.31. The van der Waals surface area contributed by atoms with Crippen molar-refractivity contribution in [1.82, 2.24) is 10.2 Å². The third-order valence-corrected chi connectivity index (χ3v) is 4.49. The van der Waals surface area contributed by atoms with E-state index in [0.717, 1.165) is 11.3 Å². The highest BCUT2D eigenvalue weighted by molar-refractivity contribution is 7.10. The summed E-state index contributed by atoms with van der Waals surface area (Å²) in [6, 6.07) is 11.9. The second-order valence-electron chi connectivity index (χ2n) is 5.32. The number of nitrogens with zero attached hydrogens (tertiary/aromatic N) is 1. The maximum Gasteiger partial charge on any atom is 0.244 e. The van der Waals surface area contributed by atoms with Crippen LogP contribution >= 0.6 is 11.3 Å². The van der Waals surface area contributed by atoms with E-state index in [0.29, 0.717) is 6.54 Å². The van der Waals surface area contributed by atoms with Crippen molar-refractivity contribution < 1.29 is 9.53 Å². The molecule has 0 bridgehead atoms. The van der Waals surface area contributed by atoms with Gasteiger partial charge in [-0.15, -0.1) is 11.3 Å². The Bertz CT molecular complexity index is 651. The van der Waals surface area contributed by atoms with Crippen molar-refractivity contribution in [2.24, 2.45) is 0 Å². The van der Waals surface area contributed by atoms with Crippen LogP contribution in [0, 0.1) is 0 Å². The number of amides is 1. The monoisotopic (exact) mass is 330 g/mol. The summed E-state index contributed by atoms with van der Waals surface area (Å²) < 4.78 is 5.27. The summed E-state index contributed by atoms with van der Waals surface area (Å²) in [5.74, 6) is 0.639. The van der Waals surface area contributed by atoms with Gasteiger partial charge in [-0.25, -0.2) is 0 Å². The molecule has 2 rings (SSSR count). The number of hydrogen-bond acceptors (Lipinski definition) is 4. The van der Waals surface area contributed by atoms with Crippen molar-refractivity contribution in [3.63, 3.8) is 0 Å². The number of para-hydroxylation sites is 1. The van der Waals surface area contributed by atoms with Gasteiger partial charge in [0.25, 0.3) is 0 Å². The van der Waals surface area contributed by atoms with Gasteiger partial charge in [0, 0.05) is 23.1 Å². The number of carbonyl (C=O) groups excluding carboxylic acids is 1. The molecule has 0 spiro atoms. The quantitative estimate of drug-likeness (QED) is 0.793. The molecular weight excluding hydrogens is 308 g/mol. The van der Waals surface area contributed by atoms with E-state index in [9.17, 15) is 4.79 Å². The lowest BCUT2D eigenvalue weighted by atomic mass is 10.2. The molecule has 0 fully saturated rings. The van der Waals surface area contributed by atoms with E-state index in [1.54, 1.807) is 30.6 Å². The molecule has 1 unspecified atom stereocenters. The van der Waals surface area contributed by atoms with Gasteiger partial charge < -0.3 is 15.0 Å². The summed E-state index contributed by atoms with van der Waals surface area (Å²) in [7, 11) is 5.65. The predicted octanol–water partition coefficient (Wildman–Crippen LogP) is 3.19. The molecule has 4 nitrogen and oxygen atoms in total. The summed E-state index contributed by atoms with van der Waals surface area (Å²) in [5.41, 5.74) is 0.882. The SMILES string of the molecule is COc1ccccc1/C=C/C(=O)NCC(c1cccs1)N(C)C. The molecule has 23 heavy (non-hydrogen) atoms. The minimum absolute atomic E-state index is 0.112. The first kappa shape index (κ1) is 17.2. The molecular formula is C18H22N2O2S. The van der Waals surface area contributed by atoms with E-state index in [4.69, 9.17) is 4.74 Å². The van der Waals surface area contributed by atoms with Crippen LogP contribution in [0.25, 0.3) is 6.08 Å². The third kappa shape index (κ3) is 4.94. The Morgan fingerprint density at radius 3 is 2.74 bits per heavy atom. The molecule has 1 N–H and O–H groups in total. The lowest BCUT2D eigenvalue weighted by Gasteiger charge is -2.23. The average molecular weight is 330 g/mol. The van der Waals surface area contributed by atoms with E-state index >= 15 is 0 Å². The number of benzene rings is 1. The number of methoxy groups -OCH3 is 1. The van der Waals surface area contributed by atoms with Gasteiger partial charge in [0.05, 0.1) is 13.2 Å². The topological polar surface area (TPSA) is 41.6 Å². The van der Waals surface area contributed by atoms with Crippen molar-refractivity contribution in [3.05, 3.63) is 58.3 Å². The summed E-state index contributed by atoms with van der Waals surface area (Å²) in [6.45, 7) is 0.572. The molecule has 0 aliphatic rings. The summed E-state index contributed by atoms with van der Waals surface area (Å²) in [4.78, 5) is 15.4. The minimum atomic E-state index is -0.112. The zero-order valence-electron chi connectivity index (χ0n) is 13.7. The molecule has 0 saturated heterocycles. The van der Waals surface area contributed by atoms with Crippen molar-refractivity contribution in [2.45, 2.75) is 6.04 Å². The van der Waals surface area contributed by atoms with E-state index in [1.165, 1.54) is 4.88 Å². The van der Waals surface area contributed by atoms with Crippen LogP contribution < -0.4 is 10.1 Å². The lowest BCUT2D eigenvalue weighted by molar-refractivity contribution is -0.116. The van der Waals surface area contributed by atoms with Gasteiger partial charge in [0.15, 0.2) is 0 Å². The second-order valence-corrected chi connectivity index (χ2v) is 6.29. The van der Waals surface area contributed by atoms with Gasteiger partial charge in [-0.3, -0.25) is 4.79 Å². The average Bonchev–Trinajstić information content (AvgIpc) is 3.07. The Kier molecular flexibility index (Phi) is 6.38. The Morgan fingerprint density at radius 1 is 1.30 bits per heavy atom. The van der Waals surface area contributed by atoms with Crippen LogP contribution in [0.5, 0.6) is 5.75 Å². The molecule has 1 aromatic carbocycles. The highest BCUT2D eigenvalue weighted by Crippen LogP contribution is 2.22. The number of carbonyl (C=O) groups is 1. The van der Waals surface area contributed by atoms with Gasteiger partial charge in [-0.05, 0) is 37.7 Å². The van der Waals surface area contributed by atoms with Crippen molar-refractivity contribution >= 4 is 23.3 Å². The van der Waals surface area contributed by atoms with E-state index < -0.39 is 0 Å². The standard InChI is InChI=1S/C18H22N2O2S/c1-20(2)15(17-9-6-12-23-17)13-19-18(21)11-10-14-7-4-5-8-16(14)22-3/h4-12,15H,13H2,1-3H3,(H,19,21)/b11-10+. The molecule has 1 heterocycles. The van der Waals surface area contributed by atoms with Crippen LogP contribution in [0.1, 0.15) is 16.5 Å². The zero-order chi connectivity index (χ0) is 16.7. The summed E-state index contributed by atoms with van der Waals surface area (Å²) >= 11 is 1.70. The van der Waals surface area contributed by atoms with E-state index in [-0.39, 0.29) is 11.9 Å². The molecule has 0 saturated carbocycles. The maximum atomic E-state index is 12.1. The lowest BCUT2D eigenvalue weighted by Crippen LogP contribution is -2.33. The fraction of sp³-hybridized carbons (Fsp3) is 0.278. The maximum absolute atomic E-state index is 12.1. The molecule has 0 aliphatic heterocycles. The number of nitrogens with one attached hydrogen (secondary N) is 1. The largest absolute Gasteiger partial charge is 0.496 e. The number of likely N-dealkylation sites (N-methyl/N-ethyl adjacent to an activating group) is 1. The van der Waals surface area contributed by atoms with Crippen molar-refractivity contribution in [2.75, 3.05) is 27.7 Å². The van der Waals surface area contributed by atoms with Crippen molar-refractivity contribution in [1.29, 1.82) is 0 Å². The zero-order valence-corrected chi connectivity index (χ0v) is 14.5. The Balaban J connectivity index is 1.95. The second kappa shape index (κ2) is 8.50. The predicted molar refractivity (Wildman–Crippen MR) is 95.8 cm³/mol. The molecule has 0 aliphatic carbocycles. The molecule has 5 heteroatoms. The van der Waals surface area contributed by atoms with E-state index in [1.807, 2.05) is 44.4 Å². The molecule has 1 atom stereocenters. The molecule has 122 valence electrons. The van der Waals surface area contributed by atoms with Gasteiger partial charge in [-0.1, -0.05) is 24.3 Å². The first-order valence-electron chi connectivity index (χ1n) is 7.40. The van der Waals surface area contributed by atoms with E-state index in [2.05, 4.69) is 21.7 Å². The molecule has 2 aromatic rings. The molecule has 0 radical (unpaired) electrons. The smallest absolute Gasteiger partial charge is 0.244 e. The fourth-order valence-electron chi connectivity index (χ4n) is 2.24. The van der Waals surface area contributed by atoms with Crippen LogP contribution in [-0.2, 0) is 4.79 Å². The Labute approximate surface area is 141 Å². The number of thiophene rings is 1. The first-order chi connectivity index (χ1) is 11.1. The molecule has 1 aromatic heterocycles. The number of ether oxygens (including phenoxy) is 1. The van der Waals surface area contributed by atoms with Crippen LogP contribution in [-0.4, -0.2) is 38.6 Å². The van der Waals surface area contributed by atoms with Gasteiger partial charge in [0.1, 0.15) is 5.75 Å².